The Labute approximate surface area is 167 Å². The second kappa shape index (κ2) is 8.63. The molecular formula is C27H38. The van der Waals surface area contributed by atoms with Gasteiger partial charge in [0.15, 0.2) is 0 Å². The van der Waals surface area contributed by atoms with Crippen molar-refractivity contribution in [2.45, 2.75) is 72.6 Å². The predicted molar refractivity (Wildman–Crippen MR) is 119 cm³/mol. The molecule has 1 saturated carbocycles. The summed E-state index contributed by atoms with van der Waals surface area (Å²) in [7, 11) is 0. The molecule has 1 fully saturated rings. The van der Waals surface area contributed by atoms with Crippen LogP contribution in [-0.4, -0.2) is 0 Å². The molecule has 0 heteroatoms. The lowest BCUT2D eigenvalue weighted by molar-refractivity contribution is 0.134. The molecule has 0 amide bonds. The van der Waals surface area contributed by atoms with Gasteiger partial charge in [-0.2, -0.15) is 0 Å². The van der Waals surface area contributed by atoms with Crippen LogP contribution < -0.4 is 0 Å². The maximum absolute atomic E-state index is 2.42. The molecule has 2 aromatic carbocycles. The zero-order chi connectivity index (χ0) is 19.4. The van der Waals surface area contributed by atoms with E-state index >= 15 is 0 Å². The average Bonchev–Trinajstić information content (AvgIpc) is 2.66. The van der Waals surface area contributed by atoms with Crippen molar-refractivity contribution in [1.82, 2.24) is 0 Å². The van der Waals surface area contributed by atoms with Gasteiger partial charge in [0, 0.05) is 0 Å². The Kier molecular flexibility index (Phi) is 6.45. The minimum atomic E-state index is 0.468. The lowest BCUT2D eigenvalue weighted by Crippen LogP contribution is -2.28. The Balaban J connectivity index is 1.75. The van der Waals surface area contributed by atoms with Crippen LogP contribution in [0, 0.1) is 23.2 Å². The van der Waals surface area contributed by atoms with Gasteiger partial charge in [-0.05, 0) is 77.9 Å². The maximum Gasteiger partial charge on any atom is -0.0131 e. The van der Waals surface area contributed by atoms with E-state index in [1.807, 2.05) is 0 Å². The van der Waals surface area contributed by atoms with Crippen molar-refractivity contribution in [3.8, 4) is 11.1 Å². The number of rotatable bonds is 5. The molecule has 0 nitrogen and oxygen atoms in total. The van der Waals surface area contributed by atoms with Gasteiger partial charge in [0.05, 0.1) is 0 Å². The van der Waals surface area contributed by atoms with E-state index in [0.29, 0.717) is 5.41 Å². The Morgan fingerprint density at radius 2 is 1.33 bits per heavy atom. The van der Waals surface area contributed by atoms with Crippen LogP contribution in [0.4, 0.5) is 0 Å². The summed E-state index contributed by atoms with van der Waals surface area (Å²) in [5, 5.41) is 0. The van der Waals surface area contributed by atoms with Crippen LogP contribution in [0.1, 0.15) is 78.2 Å². The second-order valence-corrected chi connectivity index (χ2v) is 10.2. The smallest absolute Gasteiger partial charge is 0.0131 e. The van der Waals surface area contributed by atoms with Gasteiger partial charge >= 0.3 is 0 Å². The maximum atomic E-state index is 2.42. The first-order valence-corrected chi connectivity index (χ1v) is 11.0. The molecule has 146 valence electrons. The molecule has 0 unspecified atom stereocenters. The summed E-state index contributed by atoms with van der Waals surface area (Å²) >= 11 is 0. The van der Waals surface area contributed by atoms with Crippen LogP contribution in [0.5, 0.6) is 0 Å². The van der Waals surface area contributed by atoms with Gasteiger partial charge in [0.25, 0.3) is 0 Å². The molecule has 0 bridgehead atoms. The Bertz CT molecular complexity index is 679. The van der Waals surface area contributed by atoms with E-state index in [4.69, 9.17) is 0 Å². The highest BCUT2D eigenvalue weighted by Gasteiger charge is 2.33. The van der Waals surface area contributed by atoms with E-state index in [1.54, 1.807) is 5.56 Å². The zero-order valence-corrected chi connectivity index (χ0v) is 18.0. The van der Waals surface area contributed by atoms with Crippen LogP contribution in [0.3, 0.4) is 0 Å². The van der Waals surface area contributed by atoms with Crippen LogP contribution in [0.2, 0.25) is 0 Å². The molecule has 1 atom stereocenters. The van der Waals surface area contributed by atoms with Crippen molar-refractivity contribution in [2.75, 3.05) is 0 Å². The topological polar surface area (TPSA) is 0 Å². The molecule has 0 saturated heterocycles. The minimum absolute atomic E-state index is 0.468. The summed E-state index contributed by atoms with van der Waals surface area (Å²) in [5.41, 5.74) is 4.67. The van der Waals surface area contributed by atoms with E-state index in [1.165, 1.54) is 43.2 Å². The Morgan fingerprint density at radius 1 is 0.778 bits per heavy atom. The average molecular weight is 363 g/mol. The van der Waals surface area contributed by atoms with E-state index in [0.717, 1.165) is 23.7 Å². The molecule has 27 heavy (non-hydrogen) atoms. The molecular weight excluding hydrogens is 324 g/mol. The predicted octanol–water partition coefficient (Wildman–Crippen LogP) is 8.34. The van der Waals surface area contributed by atoms with E-state index in [9.17, 15) is 0 Å². The quantitative estimate of drug-likeness (QED) is 0.501. The lowest BCUT2D eigenvalue weighted by Gasteiger charge is -2.40. The third-order valence-electron chi connectivity index (χ3n) is 6.74. The standard InChI is InChI=1S/C27H38/c1-20(2)19-26(24-15-17-25(18-16-24)27(3,4)5)23-13-11-22(12-14-23)21-9-7-6-8-10-21/h6-14,20,24-26H,15-19H2,1-5H3/t24?,25?,26-/m0/s1. The molecule has 0 heterocycles. The first-order valence-electron chi connectivity index (χ1n) is 11.0. The van der Waals surface area contributed by atoms with Gasteiger partial charge in [-0.1, -0.05) is 89.2 Å². The third-order valence-corrected chi connectivity index (χ3v) is 6.74. The van der Waals surface area contributed by atoms with Crippen molar-refractivity contribution in [3.05, 3.63) is 60.2 Å². The van der Waals surface area contributed by atoms with Crippen molar-refractivity contribution in [3.63, 3.8) is 0 Å². The van der Waals surface area contributed by atoms with Gasteiger partial charge in [-0.25, -0.2) is 0 Å². The van der Waals surface area contributed by atoms with Crippen molar-refractivity contribution >= 4 is 0 Å². The Morgan fingerprint density at radius 3 is 1.85 bits per heavy atom. The highest BCUT2D eigenvalue weighted by atomic mass is 14.4. The molecule has 0 aliphatic heterocycles. The lowest BCUT2D eigenvalue weighted by atomic mass is 9.65. The summed E-state index contributed by atoms with van der Waals surface area (Å²) in [6.07, 6.45) is 6.94. The molecule has 0 radical (unpaired) electrons. The highest BCUT2D eigenvalue weighted by molar-refractivity contribution is 5.63. The van der Waals surface area contributed by atoms with E-state index in [2.05, 4.69) is 89.2 Å². The van der Waals surface area contributed by atoms with E-state index < -0.39 is 0 Å². The largest absolute Gasteiger partial charge is 0.0628 e. The molecule has 2 aromatic rings. The third kappa shape index (κ3) is 5.24. The summed E-state index contributed by atoms with van der Waals surface area (Å²) in [4.78, 5) is 0. The van der Waals surface area contributed by atoms with Crippen molar-refractivity contribution in [1.29, 1.82) is 0 Å². The number of hydrogen-bond acceptors (Lipinski definition) is 0. The molecule has 0 aromatic heterocycles. The normalized spacial score (nSPS) is 22.0. The zero-order valence-electron chi connectivity index (χ0n) is 18.0. The van der Waals surface area contributed by atoms with Crippen LogP contribution in [0.15, 0.2) is 54.6 Å². The summed E-state index contributed by atoms with van der Waals surface area (Å²) in [6.45, 7) is 12.0. The van der Waals surface area contributed by atoms with Gasteiger partial charge in [0.1, 0.15) is 0 Å². The summed E-state index contributed by atoms with van der Waals surface area (Å²) in [6, 6.07) is 20.2. The fourth-order valence-electron chi connectivity index (χ4n) is 5.05. The fraction of sp³-hybridized carbons (Fsp3) is 0.556. The van der Waals surface area contributed by atoms with Crippen LogP contribution in [0.25, 0.3) is 11.1 Å². The van der Waals surface area contributed by atoms with Crippen LogP contribution >= 0.6 is 0 Å². The van der Waals surface area contributed by atoms with Gasteiger partial charge in [0.2, 0.25) is 0 Å². The van der Waals surface area contributed by atoms with Crippen molar-refractivity contribution in [2.24, 2.45) is 23.2 Å². The first-order chi connectivity index (χ1) is 12.8. The summed E-state index contributed by atoms with van der Waals surface area (Å²) < 4.78 is 0. The van der Waals surface area contributed by atoms with Crippen LogP contribution in [-0.2, 0) is 0 Å². The second-order valence-electron chi connectivity index (χ2n) is 10.2. The summed E-state index contributed by atoms with van der Waals surface area (Å²) in [5.74, 6) is 3.22. The number of hydrogen-bond donors (Lipinski definition) is 0. The van der Waals surface area contributed by atoms with Gasteiger partial charge in [-0.15, -0.1) is 0 Å². The molecule has 0 spiro atoms. The van der Waals surface area contributed by atoms with Gasteiger partial charge < -0.3 is 0 Å². The molecule has 1 aliphatic rings. The highest BCUT2D eigenvalue weighted by Crippen LogP contribution is 2.46. The van der Waals surface area contributed by atoms with Gasteiger partial charge in [-0.3, -0.25) is 0 Å². The minimum Gasteiger partial charge on any atom is -0.0628 e. The Hall–Kier alpha value is -1.56. The molecule has 3 rings (SSSR count). The fourth-order valence-corrected chi connectivity index (χ4v) is 5.05. The van der Waals surface area contributed by atoms with Crippen molar-refractivity contribution < 1.29 is 0 Å². The van der Waals surface area contributed by atoms with E-state index in [-0.39, 0.29) is 0 Å². The number of benzene rings is 2. The SMILES string of the molecule is CC(C)C[C@@H](c1ccc(-c2ccccc2)cc1)C1CCC(C(C)(C)C)CC1. The molecule has 1 aliphatic carbocycles. The monoisotopic (exact) mass is 362 g/mol. The molecule has 0 N–H and O–H groups in total. The first kappa shape index (κ1) is 20.2.